The summed E-state index contributed by atoms with van der Waals surface area (Å²) >= 11 is 0. The molecule has 1 aromatic heterocycles. The van der Waals surface area contributed by atoms with Crippen LogP contribution in [-0.4, -0.2) is 20.9 Å². The summed E-state index contributed by atoms with van der Waals surface area (Å²) in [5.74, 6) is -0.936. The summed E-state index contributed by atoms with van der Waals surface area (Å²) in [5.41, 5.74) is 2.74. The van der Waals surface area contributed by atoms with Gasteiger partial charge in [-0.05, 0) is 31.5 Å². The second-order valence-corrected chi connectivity index (χ2v) is 4.74. The number of carboxylic acid groups (broad SMARTS) is 1. The summed E-state index contributed by atoms with van der Waals surface area (Å²) in [4.78, 5) is 22.4. The summed E-state index contributed by atoms with van der Waals surface area (Å²) in [6, 6.07) is 9.25. The van der Waals surface area contributed by atoms with Crippen LogP contribution in [0.25, 0.3) is 5.69 Å². The Bertz CT molecular complexity index is 705. The molecule has 20 heavy (non-hydrogen) atoms. The first-order chi connectivity index (χ1) is 9.47. The van der Waals surface area contributed by atoms with Crippen molar-refractivity contribution < 1.29 is 9.90 Å². The normalized spacial score (nSPS) is 10.5. The van der Waals surface area contributed by atoms with E-state index in [4.69, 9.17) is 5.11 Å². The molecule has 0 aliphatic heterocycles. The van der Waals surface area contributed by atoms with E-state index in [1.807, 2.05) is 31.2 Å². The molecule has 0 fully saturated rings. The number of aromatic nitrogens is 2. The minimum absolute atomic E-state index is 0.0981. The molecule has 0 saturated carbocycles. The standard InChI is InChI=1S/C15H16N2O3/c1-10-4-3-5-12(8-10)17-11(2)9-14(18)13(16-17)6-7-15(19)20/h3-5,8-9H,6-7H2,1-2H3,(H,19,20). The highest BCUT2D eigenvalue weighted by atomic mass is 16.4. The average Bonchev–Trinajstić information content (AvgIpc) is 2.37. The zero-order valence-electron chi connectivity index (χ0n) is 11.5. The predicted molar refractivity (Wildman–Crippen MR) is 75.3 cm³/mol. The maximum atomic E-state index is 11.8. The first kappa shape index (κ1) is 14.0. The lowest BCUT2D eigenvalue weighted by molar-refractivity contribution is -0.136. The third-order valence-electron chi connectivity index (χ3n) is 3.00. The second-order valence-electron chi connectivity index (χ2n) is 4.74. The molecule has 2 aromatic rings. The van der Waals surface area contributed by atoms with Crippen molar-refractivity contribution >= 4 is 5.97 Å². The summed E-state index contributed by atoms with van der Waals surface area (Å²) in [6.45, 7) is 3.78. The first-order valence-electron chi connectivity index (χ1n) is 6.36. The van der Waals surface area contributed by atoms with Crippen LogP contribution in [0.3, 0.4) is 0 Å². The molecule has 0 saturated heterocycles. The van der Waals surface area contributed by atoms with Crippen LogP contribution in [0.5, 0.6) is 0 Å². The molecule has 104 valence electrons. The van der Waals surface area contributed by atoms with Gasteiger partial charge >= 0.3 is 5.97 Å². The fraction of sp³-hybridized carbons (Fsp3) is 0.267. The fourth-order valence-corrected chi connectivity index (χ4v) is 2.00. The quantitative estimate of drug-likeness (QED) is 0.922. The third-order valence-corrected chi connectivity index (χ3v) is 3.00. The van der Waals surface area contributed by atoms with Gasteiger partial charge in [-0.15, -0.1) is 0 Å². The Morgan fingerprint density at radius 2 is 2.05 bits per heavy atom. The minimum Gasteiger partial charge on any atom is -0.481 e. The smallest absolute Gasteiger partial charge is 0.303 e. The lowest BCUT2D eigenvalue weighted by atomic mass is 10.2. The number of hydrogen-bond acceptors (Lipinski definition) is 3. The molecule has 0 bridgehead atoms. The van der Waals surface area contributed by atoms with Gasteiger partial charge in [-0.3, -0.25) is 9.59 Å². The van der Waals surface area contributed by atoms with Crippen molar-refractivity contribution in [3.8, 4) is 5.69 Å². The molecule has 0 amide bonds. The summed E-state index contributed by atoms with van der Waals surface area (Å²) < 4.78 is 1.67. The van der Waals surface area contributed by atoms with Crippen molar-refractivity contribution in [1.29, 1.82) is 0 Å². The first-order valence-corrected chi connectivity index (χ1v) is 6.36. The molecular formula is C15H16N2O3. The van der Waals surface area contributed by atoms with E-state index < -0.39 is 5.97 Å². The zero-order valence-corrected chi connectivity index (χ0v) is 11.5. The molecule has 5 heteroatoms. The summed E-state index contributed by atoms with van der Waals surface area (Å²) in [7, 11) is 0. The SMILES string of the molecule is Cc1cccc(-n2nc(CCC(=O)O)c(=O)cc2C)c1. The Labute approximate surface area is 116 Å². The van der Waals surface area contributed by atoms with Crippen molar-refractivity contribution in [2.75, 3.05) is 0 Å². The van der Waals surface area contributed by atoms with E-state index in [-0.39, 0.29) is 24.0 Å². The highest BCUT2D eigenvalue weighted by Gasteiger charge is 2.09. The van der Waals surface area contributed by atoms with Gasteiger partial charge in [0, 0.05) is 18.2 Å². The molecule has 1 N–H and O–H groups in total. The molecule has 1 aromatic carbocycles. The van der Waals surface area contributed by atoms with Gasteiger partial charge in [-0.25, -0.2) is 4.68 Å². The highest BCUT2D eigenvalue weighted by molar-refractivity contribution is 5.66. The molecule has 0 aliphatic rings. The van der Waals surface area contributed by atoms with Crippen LogP contribution in [-0.2, 0) is 11.2 Å². The number of rotatable bonds is 4. The molecule has 0 unspecified atom stereocenters. The Morgan fingerprint density at radius 1 is 1.30 bits per heavy atom. The molecule has 0 aliphatic carbocycles. The van der Waals surface area contributed by atoms with Gasteiger partial charge < -0.3 is 5.11 Å². The molecule has 0 atom stereocenters. The van der Waals surface area contributed by atoms with Crippen molar-refractivity contribution in [1.82, 2.24) is 9.78 Å². The van der Waals surface area contributed by atoms with Crippen LogP contribution in [0.1, 0.15) is 23.4 Å². The maximum absolute atomic E-state index is 11.8. The number of nitrogens with zero attached hydrogens (tertiary/aromatic N) is 2. The lowest BCUT2D eigenvalue weighted by Gasteiger charge is -2.11. The zero-order chi connectivity index (χ0) is 14.7. The van der Waals surface area contributed by atoms with E-state index in [1.54, 1.807) is 11.6 Å². The van der Waals surface area contributed by atoms with E-state index in [0.29, 0.717) is 0 Å². The summed E-state index contributed by atoms with van der Waals surface area (Å²) in [6.07, 6.45) is 0.0411. The third kappa shape index (κ3) is 3.12. The van der Waals surface area contributed by atoms with E-state index in [9.17, 15) is 9.59 Å². The van der Waals surface area contributed by atoms with Gasteiger partial charge in [0.2, 0.25) is 5.43 Å². The Hall–Kier alpha value is -2.43. The van der Waals surface area contributed by atoms with Crippen LogP contribution in [0.2, 0.25) is 0 Å². The van der Waals surface area contributed by atoms with Crippen molar-refractivity contribution in [2.24, 2.45) is 0 Å². The number of carbonyl (C=O) groups is 1. The second kappa shape index (κ2) is 5.69. The highest BCUT2D eigenvalue weighted by Crippen LogP contribution is 2.11. The predicted octanol–water partition coefficient (Wildman–Crippen LogP) is 1.87. The van der Waals surface area contributed by atoms with Crippen LogP contribution < -0.4 is 5.43 Å². The van der Waals surface area contributed by atoms with Gasteiger partial charge in [0.1, 0.15) is 5.69 Å². The topological polar surface area (TPSA) is 72.2 Å². The van der Waals surface area contributed by atoms with E-state index in [2.05, 4.69) is 5.10 Å². The fourth-order valence-electron chi connectivity index (χ4n) is 2.00. The van der Waals surface area contributed by atoms with Crippen LogP contribution in [0.15, 0.2) is 35.1 Å². The lowest BCUT2D eigenvalue weighted by Crippen LogP contribution is -2.19. The van der Waals surface area contributed by atoms with Gasteiger partial charge in [0.15, 0.2) is 0 Å². The molecule has 5 nitrogen and oxygen atoms in total. The maximum Gasteiger partial charge on any atom is 0.303 e. The van der Waals surface area contributed by atoms with Gasteiger partial charge in [-0.2, -0.15) is 5.10 Å². The molecule has 0 spiro atoms. The Balaban J connectivity index is 2.46. The molecule has 1 heterocycles. The van der Waals surface area contributed by atoms with Crippen molar-refractivity contribution in [3.05, 3.63) is 57.5 Å². The average molecular weight is 272 g/mol. The van der Waals surface area contributed by atoms with Crippen molar-refractivity contribution in [2.45, 2.75) is 26.7 Å². The van der Waals surface area contributed by atoms with Crippen LogP contribution in [0.4, 0.5) is 0 Å². The number of hydrogen-bond donors (Lipinski definition) is 1. The van der Waals surface area contributed by atoms with Crippen LogP contribution in [0, 0.1) is 13.8 Å². The van der Waals surface area contributed by atoms with Gasteiger partial charge in [0.25, 0.3) is 0 Å². The number of benzene rings is 1. The Kier molecular flexibility index (Phi) is 3.98. The number of aryl methyl sites for hydroxylation is 3. The van der Waals surface area contributed by atoms with E-state index in [1.165, 1.54) is 6.07 Å². The monoisotopic (exact) mass is 272 g/mol. The van der Waals surface area contributed by atoms with Crippen LogP contribution >= 0.6 is 0 Å². The van der Waals surface area contributed by atoms with Crippen molar-refractivity contribution in [3.63, 3.8) is 0 Å². The molecule has 0 radical (unpaired) electrons. The largest absolute Gasteiger partial charge is 0.481 e. The van der Waals surface area contributed by atoms with E-state index >= 15 is 0 Å². The number of aliphatic carboxylic acids is 1. The molecule has 2 rings (SSSR count). The van der Waals surface area contributed by atoms with Gasteiger partial charge in [-0.1, -0.05) is 12.1 Å². The number of carboxylic acids is 1. The minimum atomic E-state index is -0.936. The molecular weight excluding hydrogens is 256 g/mol. The van der Waals surface area contributed by atoms with Gasteiger partial charge in [0.05, 0.1) is 12.1 Å². The summed E-state index contributed by atoms with van der Waals surface area (Å²) in [5, 5.41) is 13.0. The Morgan fingerprint density at radius 3 is 2.70 bits per heavy atom. The van der Waals surface area contributed by atoms with E-state index in [0.717, 1.165) is 16.9 Å².